The number of amides is 1. The van der Waals surface area contributed by atoms with E-state index in [9.17, 15) is 4.79 Å². The van der Waals surface area contributed by atoms with Gasteiger partial charge in [-0.2, -0.15) is 0 Å². The summed E-state index contributed by atoms with van der Waals surface area (Å²) in [4.78, 5) is 14.7. The Kier molecular flexibility index (Phi) is 4.01. The lowest BCUT2D eigenvalue weighted by molar-refractivity contribution is -0.121. The minimum absolute atomic E-state index is 0.0305. The SMILES string of the molecule is C[C@@H]1CCCN([C@@H](C)C(=O)Nc2ccc3c(c2)OCO3)C1. The Bertz CT molecular complexity index is 532. The van der Waals surface area contributed by atoms with Gasteiger partial charge in [0.05, 0.1) is 6.04 Å². The lowest BCUT2D eigenvalue weighted by atomic mass is 9.99. The summed E-state index contributed by atoms with van der Waals surface area (Å²) >= 11 is 0. The lowest BCUT2D eigenvalue weighted by Gasteiger charge is -2.34. The van der Waals surface area contributed by atoms with Crippen molar-refractivity contribution in [1.82, 2.24) is 4.90 Å². The highest BCUT2D eigenvalue weighted by Crippen LogP contribution is 2.34. The largest absolute Gasteiger partial charge is 0.454 e. The lowest BCUT2D eigenvalue weighted by Crippen LogP contribution is -2.46. The number of hydrogen-bond acceptors (Lipinski definition) is 4. The molecule has 5 nitrogen and oxygen atoms in total. The standard InChI is InChI=1S/C16H22N2O3/c1-11-4-3-7-18(9-11)12(2)16(19)17-13-5-6-14-15(8-13)21-10-20-14/h5-6,8,11-12H,3-4,7,9-10H2,1-2H3,(H,17,19)/t11-,12+/m1/s1. The van der Waals surface area contributed by atoms with Crippen molar-refractivity contribution in [2.24, 2.45) is 5.92 Å². The maximum Gasteiger partial charge on any atom is 0.241 e. The maximum atomic E-state index is 12.4. The van der Waals surface area contributed by atoms with Crippen LogP contribution in [0.15, 0.2) is 18.2 Å². The van der Waals surface area contributed by atoms with Crippen LogP contribution >= 0.6 is 0 Å². The first-order valence-electron chi connectivity index (χ1n) is 7.58. The fraction of sp³-hybridized carbons (Fsp3) is 0.562. The smallest absolute Gasteiger partial charge is 0.241 e. The van der Waals surface area contributed by atoms with Gasteiger partial charge in [-0.3, -0.25) is 9.69 Å². The van der Waals surface area contributed by atoms with E-state index in [1.807, 2.05) is 25.1 Å². The molecule has 0 spiro atoms. The van der Waals surface area contributed by atoms with Gasteiger partial charge in [0, 0.05) is 18.3 Å². The number of anilines is 1. The molecule has 0 bridgehead atoms. The number of piperidine rings is 1. The second-order valence-electron chi connectivity index (χ2n) is 5.98. The van der Waals surface area contributed by atoms with Crippen LogP contribution < -0.4 is 14.8 Å². The first kappa shape index (κ1) is 14.2. The molecule has 0 saturated carbocycles. The van der Waals surface area contributed by atoms with Crippen molar-refractivity contribution in [1.29, 1.82) is 0 Å². The van der Waals surface area contributed by atoms with Crippen molar-refractivity contribution >= 4 is 11.6 Å². The van der Waals surface area contributed by atoms with Gasteiger partial charge in [0.15, 0.2) is 11.5 Å². The molecule has 1 fully saturated rings. The predicted octanol–water partition coefficient (Wildman–Crippen LogP) is 2.47. The number of likely N-dealkylation sites (tertiary alicyclic amines) is 1. The summed E-state index contributed by atoms with van der Waals surface area (Å²) in [5.41, 5.74) is 0.751. The number of carbonyl (C=O) groups excluding carboxylic acids is 1. The Morgan fingerprint density at radius 2 is 2.19 bits per heavy atom. The third-order valence-electron chi connectivity index (χ3n) is 4.26. The van der Waals surface area contributed by atoms with Crippen LogP contribution in [0.4, 0.5) is 5.69 Å². The van der Waals surface area contributed by atoms with Crippen molar-refractivity contribution in [3.63, 3.8) is 0 Å². The van der Waals surface area contributed by atoms with E-state index in [-0.39, 0.29) is 18.7 Å². The minimum atomic E-state index is -0.113. The minimum Gasteiger partial charge on any atom is -0.454 e. The van der Waals surface area contributed by atoms with Crippen molar-refractivity contribution in [3.8, 4) is 11.5 Å². The summed E-state index contributed by atoms with van der Waals surface area (Å²) < 4.78 is 10.6. The van der Waals surface area contributed by atoms with Gasteiger partial charge in [0.25, 0.3) is 0 Å². The van der Waals surface area contributed by atoms with Crippen molar-refractivity contribution < 1.29 is 14.3 Å². The van der Waals surface area contributed by atoms with Crippen LogP contribution in [0, 0.1) is 5.92 Å². The molecule has 1 aromatic rings. The number of nitrogens with one attached hydrogen (secondary N) is 1. The third-order valence-corrected chi connectivity index (χ3v) is 4.26. The Labute approximate surface area is 125 Å². The van der Waals surface area contributed by atoms with Crippen LogP contribution in [0.1, 0.15) is 26.7 Å². The van der Waals surface area contributed by atoms with Crippen LogP contribution in [0.2, 0.25) is 0 Å². The summed E-state index contributed by atoms with van der Waals surface area (Å²) in [6, 6.07) is 5.37. The second kappa shape index (κ2) is 5.93. The molecule has 0 radical (unpaired) electrons. The molecule has 2 heterocycles. The first-order chi connectivity index (χ1) is 10.1. The highest BCUT2D eigenvalue weighted by atomic mass is 16.7. The van der Waals surface area contributed by atoms with E-state index < -0.39 is 0 Å². The molecule has 2 atom stereocenters. The molecule has 1 aromatic carbocycles. The molecule has 0 aliphatic carbocycles. The Balaban J connectivity index is 1.62. The molecular weight excluding hydrogens is 268 g/mol. The number of rotatable bonds is 3. The predicted molar refractivity (Wildman–Crippen MR) is 80.6 cm³/mol. The number of fused-ring (bicyclic) bond motifs is 1. The number of benzene rings is 1. The van der Waals surface area contributed by atoms with Crippen molar-refractivity contribution in [2.75, 3.05) is 25.2 Å². The van der Waals surface area contributed by atoms with E-state index in [1.54, 1.807) is 0 Å². The maximum absolute atomic E-state index is 12.4. The molecule has 1 amide bonds. The molecule has 3 rings (SSSR count). The van der Waals surface area contributed by atoms with Gasteiger partial charge in [0.2, 0.25) is 12.7 Å². The van der Waals surface area contributed by atoms with E-state index in [4.69, 9.17) is 9.47 Å². The van der Waals surface area contributed by atoms with Crippen molar-refractivity contribution in [2.45, 2.75) is 32.7 Å². The zero-order valence-corrected chi connectivity index (χ0v) is 12.6. The van der Waals surface area contributed by atoms with Crippen molar-refractivity contribution in [3.05, 3.63) is 18.2 Å². The van der Waals surface area contributed by atoms with Crippen LogP contribution in [-0.4, -0.2) is 36.7 Å². The second-order valence-corrected chi connectivity index (χ2v) is 5.98. The number of nitrogens with zero attached hydrogens (tertiary/aromatic N) is 1. The Hall–Kier alpha value is -1.75. The molecule has 2 aliphatic heterocycles. The molecular formula is C16H22N2O3. The van der Waals surface area contributed by atoms with Crippen LogP contribution in [-0.2, 0) is 4.79 Å². The summed E-state index contributed by atoms with van der Waals surface area (Å²) in [6.07, 6.45) is 2.43. The van der Waals surface area contributed by atoms with E-state index in [1.165, 1.54) is 12.8 Å². The van der Waals surface area contributed by atoms with E-state index in [0.29, 0.717) is 11.7 Å². The fourth-order valence-corrected chi connectivity index (χ4v) is 2.96. The van der Waals surface area contributed by atoms with Gasteiger partial charge < -0.3 is 14.8 Å². The van der Waals surface area contributed by atoms with E-state index in [2.05, 4.69) is 17.1 Å². The molecule has 114 valence electrons. The molecule has 2 aliphatic rings. The monoisotopic (exact) mass is 290 g/mol. The van der Waals surface area contributed by atoms with Gasteiger partial charge in [-0.25, -0.2) is 0 Å². The summed E-state index contributed by atoms with van der Waals surface area (Å²) in [5.74, 6) is 2.11. The van der Waals surface area contributed by atoms with Crippen LogP contribution in [0.25, 0.3) is 0 Å². The van der Waals surface area contributed by atoms with Crippen LogP contribution in [0.5, 0.6) is 11.5 Å². The average Bonchev–Trinajstić information content (AvgIpc) is 2.94. The topological polar surface area (TPSA) is 50.8 Å². The molecule has 21 heavy (non-hydrogen) atoms. The molecule has 5 heteroatoms. The van der Waals surface area contributed by atoms with Gasteiger partial charge in [-0.15, -0.1) is 0 Å². The number of hydrogen-bond donors (Lipinski definition) is 1. The highest BCUT2D eigenvalue weighted by molar-refractivity contribution is 5.94. The average molecular weight is 290 g/mol. The zero-order chi connectivity index (χ0) is 14.8. The summed E-state index contributed by atoms with van der Waals surface area (Å²) in [6.45, 7) is 6.46. The Morgan fingerprint density at radius 3 is 3.00 bits per heavy atom. The number of ether oxygens (including phenoxy) is 2. The van der Waals surface area contributed by atoms with Gasteiger partial charge >= 0.3 is 0 Å². The van der Waals surface area contributed by atoms with E-state index >= 15 is 0 Å². The summed E-state index contributed by atoms with van der Waals surface area (Å²) in [5, 5.41) is 2.97. The quantitative estimate of drug-likeness (QED) is 0.929. The molecule has 0 aromatic heterocycles. The van der Waals surface area contributed by atoms with Gasteiger partial charge in [-0.05, 0) is 44.4 Å². The van der Waals surface area contributed by atoms with Gasteiger partial charge in [-0.1, -0.05) is 6.92 Å². The molecule has 0 unspecified atom stereocenters. The zero-order valence-electron chi connectivity index (χ0n) is 12.6. The van der Waals surface area contributed by atoms with Gasteiger partial charge in [0.1, 0.15) is 0 Å². The number of carbonyl (C=O) groups is 1. The fourth-order valence-electron chi connectivity index (χ4n) is 2.96. The third kappa shape index (κ3) is 3.13. The Morgan fingerprint density at radius 1 is 1.38 bits per heavy atom. The van der Waals surface area contributed by atoms with Crippen LogP contribution in [0.3, 0.4) is 0 Å². The normalized spacial score (nSPS) is 22.9. The molecule has 1 saturated heterocycles. The first-order valence-corrected chi connectivity index (χ1v) is 7.58. The van der Waals surface area contributed by atoms with E-state index in [0.717, 1.165) is 24.5 Å². The highest BCUT2D eigenvalue weighted by Gasteiger charge is 2.26. The molecule has 1 N–H and O–H groups in total. The summed E-state index contributed by atoms with van der Waals surface area (Å²) in [7, 11) is 0.